The molecule has 2 unspecified atom stereocenters. The number of alkyl carbamates (subject to hydrolysis) is 1. The highest BCUT2D eigenvalue weighted by Gasteiger charge is 2.30. The SMILES string of the molecule is C[C@@H](NC(=O)OCC1c2ccccc2-c2ccccc21)C(=O)NCC1CCC(CC(=O)O)C1. The van der Waals surface area contributed by atoms with Crippen molar-refractivity contribution in [2.24, 2.45) is 11.8 Å². The number of benzene rings is 2. The molecule has 7 heteroatoms. The first-order chi connectivity index (χ1) is 15.9. The maximum atomic E-state index is 12.4. The van der Waals surface area contributed by atoms with Gasteiger partial charge in [-0.3, -0.25) is 9.59 Å². The van der Waals surface area contributed by atoms with Crippen molar-refractivity contribution in [3.05, 3.63) is 59.7 Å². The predicted molar refractivity (Wildman–Crippen MR) is 124 cm³/mol. The van der Waals surface area contributed by atoms with Crippen molar-refractivity contribution in [3.8, 4) is 11.1 Å². The molecule has 1 fully saturated rings. The summed E-state index contributed by atoms with van der Waals surface area (Å²) in [7, 11) is 0. The molecule has 33 heavy (non-hydrogen) atoms. The zero-order valence-corrected chi connectivity index (χ0v) is 18.8. The van der Waals surface area contributed by atoms with Gasteiger partial charge in [-0.2, -0.15) is 0 Å². The standard InChI is InChI=1S/C26H30N2O5/c1-16(25(31)27-14-18-11-10-17(12-18)13-24(29)30)28-26(32)33-15-23-21-8-4-2-6-19(21)20-7-3-5-9-22(20)23/h2-9,16-18,23H,10-15H2,1H3,(H,27,31)(H,28,32)(H,29,30)/t16-,17?,18?/m1/s1. The number of amides is 2. The van der Waals surface area contributed by atoms with Gasteiger partial charge in [0.2, 0.25) is 5.91 Å². The van der Waals surface area contributed by atoms with E-state index in [0.29, 0.717) is 6.54 Å². The number of carboxylic acid groups (broad SMARTS) is 1. The van der Waals surface area contributed by atoms with Crippen LogP contribution in [0.5, 0.6) is 0 Å². The van der Waals surface area contributed by atoms with Crippen molar-refractivity contribution in [1.29, 1.82) is 0 Å². The summed E-state index contributed by atoms with van der Waals surface area (Å²) in [4.78, 5) is 35.6. The lowest BCUT2D eigenvalue weighted by atomic mass is 9.98. The van der Waals surface area contributed by atoms with Crippen molar-refractivity contribution in [2.75, 3.05) is 13.2 Å². The normalized spacial score (nSPS) is 19.9. The van der Waals surface area contributed by atoms with E-state index in [0.717, 1.165) is 41.5 Å². The van der Waals surface area contributed by atoms with Gasteiger partial charge in [0.25, 0.3) is 0 Å². The second kappa shape index (κ2) is 10.1. The van der Waals surface area contributed by atoms with Crippen LogP contribution in [0.4, 0.5) is 4.79 Å². The summed E-state index contributed by atoms with van der Waals surface area (Å²) < 4.78 is 5.50. The maximum Gasteiger partial charge on any atom is 0.407 e. The number of fused-ring (bicyclic) bond motifs is 3. The number of hydrogen-bond donors (Lipinski definition) is 3. The van der Waals surface area contributed by atoms with Gasteiger partial charge in [0.15, 0.2) is 0 Å². The Morgan fingerprint density at radius 1 is 1.00 bits per heavy atom. The summed E-state index contributed by atoms with van der Waals surface area (Å²) in [6.45, 7) is 2.31. The van der Waals surface area contributed by atoms with Crippen LogP contribution in [0.15, 0.2) is 48.5 Å². The number of hydrogen-bond acceptors (Lipinski definition) is 4. The minimum atomic E-state index is -0.773. The lowest BCUT2D eigenvalue weighted by molar-refractivity contribution is -0.138. The van der Waals surface area contributed by atoms with Crippen LogP contribution in [-0.4, -0.2) is 42.3 Å². The quantitative estimate of drug-likeness (QED) is 0.565. The van der Waals surface area contributed by atoms with Crippen molar-refractivity contribution < 1.29 is 24.2 Å². The highest BCUT2D eigenvalue weighted by molar-refractivity contribution is 5.85. The van der Waals surface area contributed by atoms with Gasteiger partial charge < -0.3 is 20.5 Å². The molecule has 2 amide bonds. The summed E-state index contributed by atoms with van der Waals surface area (Å²) >= 11 is 0. The van der Waals surface area contributed by atoms with Crippen LogP contribution in [0.1, 0.15) is 49.7 Å². The molecule has 2 aromatic carbocycles. The van der Waals surface area contributed by atoms with Gasteiger partial charge in [-0.15, -0.1) is 0 Å². The molecule has 0 aromatic heterocycles. The summed E-state index contributed by atoms with van der Waals surface area (Å²) in [5.41, 5.74) is 4.59. The Kier molecular flexibility index (Phi) is 6.96. The summed E-state index contributed by atoms with van der Waals surface area (Å²) in [6.07, 6.45) is 2.15. The number of carbonyl (C=O) groups excluding carboxylic acids is 2. The zero-order valence-electron chi connectivity index (χ0n) is 18.8. The van der Waals surface area contributed by atoms with Crippen LogP contribution in [0.2, 0.25) is 0 Å². The summed E-state index contributed by atoms with van der Waals surface area (Å²) in [5, 5.41) is 14.4. The molecule has 0 heterocycles. The zero-order chi connectivity index (χ0) is 23.4. The monoisotopic (exact) mass is 450 g/mol. The fraction of sp³-hybridized carbons (Fsp3) is 0.423. The second-order valence-electron chi connectivity index (χ2n) is 9.08. The lowest BCUT2D eigenvalue weighted by Gasteiger charge is -2.18. The number of aliphatic carboxylic acids is 1. The molecule has 174 valence electrons. The molecule has 0 spiro atoms. The minimum absolute atomic E-state index is 0.0339. The van der Waals surface area contributed by atoms with E-state index in [1.807, 2.05) is 24.3 Å². The van der Waals surface area contributed by atoms with Crippen molar-refractivity contribution in [3.63, 3.8) is 0 Å². The van der Waals surface area contributed by atoms with E-state index in [-0.39, 0.29) is 36.7 Å². The first kappa shape index (κ1) is 22.8. The molecule has 7 nitrogen and oxygen atoms in total. The average Bonchev–Trinajstić information content (AvgIpc) is 3.37. The lowest BCUT2D eigenvalue weighted by Crippen LogP contribution is -2.46. The van der Waals surface area contributed by atoms with Crippen LogP contribution >= 0.6 is 0 Å². The predicted octanol–water partition coefficient (Wildman–Crippen LogP) is 3.92. The summed E-state index contributed by atoms with van der Waals surface area (Å²) in [6, 6.07) is 15.5. The van der Waals surface area contributed by atoms with Crippen LogP contribution in [0, 0.1) is 11.8 Å². The summed E-state index contributed by atoms with van der Waals surface area (Å²) in [5.74, 6) is -0.620. The van der Waals surface area contributed by atoms with Crippen LogP contribution in [0.3, 0.4) is 0 Å². The van der Waals surface area contributed by atoms with Gasteiger partial charge in [-0.25, -0.2) is 4.79 Å². The van der Waals surface area contributed by atoms with Gasteiger partial charge in [0.05, 0.1) is 0 Å². The van der Waals surface area contributed by atoms with Gasteiger partial charge in [0, 0.05) is 18.9 Å². The molecule has 2 aromatic rings. The minimum Gasteiger partial charge on any atom is -0.481 e. The molecular weight excluding hydrogens is 420 g/mol. The molecular formula is C26H30N2O5. The van der Waals surface area contributed by atoms with E-state index in [1.54, 1.807) is 6.92 Å². The Morgan fingerprint density at radius 2 is 1.61 bits per heavy atom. The fourth-order valence-corrected chi connectivity index (χ4v) is 5.08. The topological polar surface area (TPSA) is 105 Å². The van der Waals surface area contributed by atoms with E-state index < -0.39 is 18.1 Å². The Bertz CT molecular complexity index is 991. The third-order valence-electron chi connectivity index (χ3n) is 6.75. The third-order valence-corrected chi connectivity index (χ3v) is 6.75. The number of nitrogens with one attached hydrogen (secondary N) is 2. The number of rotatable bonds is 8. The molecule has 2 aliphatic rings. The Hall–Kier alpha value is -3.35. The third kappa shape index (κ3) is 5.35. The van der Waals surface area contributed by atoms with Crippen molar-refractivity contribution >= 4 is 18.0 Å². The van der Waals surface area contributed by atoms with E-state index in [1.165, 1.54) is 0 Å². The van der Waals surface area contributed by atoms with Gasteiger partial charge in [0.1, 0.15) is 12.6 Å². The second-order valence-corrected chi connectivity index (χ2v) is 9.08. The molecule has 3 atom stereocenters. The van der Waals surface area contributed by atoms with Gasteiger partial charge >= 0.3 is 12.1 Å². The Balaban J connectivity index is 1.24. The number of ether oxygens (including phenoxy) is 1. The molecule has 0 saturated heterocycles. The van der Waals surface area contributed by atoms with E-state index >= 15 is 0 Å². The average molecular weight is 451 g/mol. The smallest absolute Gasteiger partial charge is 0.407 e. The number of carboxylic acids is 1. The molecule has 3 N–H and O–H groups in total. The Labute approximate surface area is 193 Å². The largest absolute Gasteiger partial charge is 0.481 e. The van der Waals surface area contributed by atoms with Crippen molar-refractivity contribution in [1.82, 2.24) is 10.6 Å². The van der Waals surface area contributed by atoms with E-state index in [9.17, 15) is 14.4 Å². The van der Waals surface area contributed by atoms with E-state index in [2.05, 4.69) is 34.9 Å². The Morgan fingerprint density at radius 3 is 2.24 bits per heavy atom. The molecule has 0 aliphatic heterocycles. The van der Waals surface area contributed by atoms with Gasteiger partial charge in [-0.05, 0) is 60.3 Å². The first-order valence-corrected chi connectivity index (χ1v) is 11.5. The molecule has 0 radical (unpaired) electrons. The van der Waals surface area contributed by atoms with Gasteiger partial charge in [-0.1, -0.05) is 48.5 Å². The van der Waals surface area contributed by atoms with Crippen LogP contribution in [-0.2, 0) is 14.3 Å². The highest BCUT2D eigenvalue weighted by Crippen LogP contribution is 2.44. The van der Waals surface area contributed by atoms with Crippen LogP contribution in [0.25, 0.3) is 11.1 Å². The molecule has 2 aliphatic carbocycles. The fourth-order valence-electron chi connectivity index (χ4n) is 5.08. The van der Waals surface area contributed by atoms with Crippen molar-refractivity contribution in [2.45, 2.75) is 44.6 Å². The number of carbonyl (C=O) groups is 3. The van der Waals surface area contributed by atoms with E-state index in [4.69, 9.17) is 9.84 Å². The highest BCUT2D eigenvalue weighted by atomic mass is 16.5. The molecule has 4 rings (SSSR count). The molecule has 1 saturated carbocycles. The first-order valence-electron chi connectivity index (χ1n) is 11.5. The van der Waals surface area contributed by atoms with Crippen LogP contribution < -0.4 is 10.6 Å². The maximum absolute atomic E-state index is 12.4. The molecule has 0 bridgehead atoms.